The molecule has 116 valence electrons. The van der Waals surface area contributed by atoms with E-state index in [4.69, 9.17) is 5.73 Å². The van der Waals surface area contributed by atoms with Gasteiger partial charge in [0.1, 0.15) is 0 Å². The van der Waals surface area contributed by atoms with Crippen LogP contribution in [0.3, 0.4) is 0 Å². The van der Waals surface area contributed by atoms with Crippen LogP contribution < -0.4 is 5.73 Å². The zero-order chi connectivity index (χ0) is 16.4. The van der Waals surface area contributed by atoms with Gasteiger partial charge >= 0.3 is 0 Å². The normalized spacial score (nSPS) is 14.6. The van der Waals surface area contributed by atoms with E-state index >= 15 is 0 Å². The number of nitrogen functional groups attached to an aromatic ring is 1. The van der Waals surface area contributed by atoms with Crippen LogP contribution in [0.4, 0.5) is 5.95 Å². The number of nitrogens with zero attached hydrogens (tertiary/aromatic N) is 5. The molecule has 0 aromatic carbocycles. The van der Waals surface area contributed by atoms with Gasteiger partial charge in [0.15, 0.2) is 0 Å². The molecule has 0 spiro atoms. The second-order valence-electron chi connectivity index (χ2n) is 5.01. The first-order chi connectivity index (χ1) is 11.1. The first-order valence-electron chi connectivity index (χ1n) is 7.12. The average molecular weight is 308 g/mol. The minimum absolute atomic E-state index is 0.0689. The maximum absolute atomic E-state index is 12.5. The summed E-state index contributed by atoms with van der Waals surface area (Å²) in [4.78, 5) is 30.7. The zero-order valence-corrected chi connectivity index (χ0v) is 12.9. The lowest BCUT2D eigenvalue weighted by Crippen LogP contribution is -2.23. The van der Waals surface area contributed by atoms with Gasteiger partial charge in [0, 0.05) is 31.2 Å². The van der Waals surface area contributed by atoms with Crippen LogP contribution in [0.1, 0.15) is 23.0 Å². The summed E-state index contributed by atoms with van der Waals surface area (Å²) in [6, 6.07) is 3.57. The topological polar surface area (TPSA) is 97.4 Å². The van der Waals surface area contributed by atoms with Gasteiger partial charge in [-0.3, -0.25) is 9.79 Å². The molecule has 3 rings (SSSR count). The standard InChI is InChI=1S/C16H16N6O/c1-3-11(8-18-2)22-9-14-12(15(22)23)4-5-13(21-14)10-6-19-16(17)20-7-10/h3-8H,9H2,1-2H3,(H2,17,19,20)/b11-3+,18-8-. The summed E-state index contributed by atoms with van der Waals surface area (Å²) in [7, 11) is 1.68. The number of nitrogens with two attached hydrogens (primary N) is 1. The zero-order valence-electron chi connectivity index (χ0n) is 12.9. The third-order valence-electron chi connectivity index (χ3n) is 3.59. The van der Waals surface area contributed by atoms with E-state index < -0.39 is 0 Å². The van der Waals surface area contributed by atoms with Gasteiger partial charge in [0.05, 0.1) is 29.2 Å². The van der Waals surface area contributed by atoms with Crippen molar-refractivity contribution in [3.05, 3.63) is 47.6 Å². The number of amides is 1. The molecule has 2 aromatic rings. The van der Waals surface area contributed by atoms with Crippen molar-refractivity contribution in [3.63, 3.8) is 0 Å². The summed E-state index contributed by atoms with van der Waals surface area (Å²) in [6.07, 6.45) is 6.75. The molecule has 0 fully saturated rings. The van der Waals surface area contributed by atoms with Crippen LogP contribution >= 0.6 is 0 Å². The van der Waals surface area contributed by atoms with E-state index in [1.165, 1.54) is 0 Å². The fourth-order valence-corrected chi connectivity index (χ4v) is 2.46. The highest BCUT2D eigenvalue weighted by molar-refractivity contribution is 6.02. The Hall–Kier alpha value is -3.09. The van der Waals surface area contributed by atoms with Crippen LogP contribution in [0.2, 0.25) is 0 Å². The maximum Gasteiger partial charge on any atom is 0.260 e. The van der Waals surface area contributed by atoms with Gasteiger partial charge in [-0.25, -0.2) is 15.0 Å². The molecule has 0 unspecified atom stereocenters. The van der Waals surface area contributed by atoms with E-state index in [-0.39, 0.29) is 11.9 Å². The van der Waals surface area contributed by atoms with Gasteiger partial charge in [-0.05, 0) is 19.1 Å². The predicted molar refractivity (Wildman–Crippen MR) is 87.7 cm³/mol. The van der Waals surface area contributed by atoms with Crippen molar-refractivity contribution in [3.8, 4) is 11.3 Å². The summed E-state index contributed by atoms with van der Waals surface area (Å²) in [5.41, 5.74) is 9.06. The smallest absolute Gasteiger partial charge is 0.260 e. The molecule has 2 N–H and O–H groups in total. The molecular formula is C16H16N6O. The predicted octanol–water partition coefficient (Wildman–Crippen LogP) is 1.68. The molecular weight excluding hydrogens is 292 g/mol. The number of carbonyl (C=O) groups is 1. The molecule has 0 bridgehead atoms. The minimum Gasteiger partial charge on any atom is -0.368 e. The number of aliphatic imine (C=N–C) groups is 1. The minimum atomic E-state index is -0.0689. The Morgan fingerprint density at radius 2 is 2.09 bits per heavy atom. The molecule has 1 aliphatic rings. The number of aromatic nitrogens is 3. The van der Waals surface area contributed by atoms with Gasteiger partial charge in [0.2, 0.25) is 5.95 Å². The van der Waals surface area contributed by atoms with Crippen LogP contribution in [0.5, 0.6) is 0 Å². The van der Waals surface area contributed by atoms with E-state index in [1.807, 2.05) is 13.0 Å². The third-order valence-corrected chi connectivity index (χ3v) is 3.59. The molecule has 0 aliphatic carbocycles. The Morgan fingerprint density at radius 1 is 1.35 bits per heavy atom. The SMILES string of the molecule is C/C=C(\C=N/C)N1Cc2nc(-c3cnc(N)nc3)ccc2C1=O. The van der Waals surface area contributed by atoms with Crippen molar-refractivity contribution in [2.45, 2.75) is 13.5 Å². The van der Waals surface area contributed by atoms with Crippen LogP contribution in [0, 0.1) is 0 Å². The number of hydrogen-bond acceptors (Lipinski definition) is 6. The Bertz CT molecular complexity index is 810. The highest BCUT2D eigenvalue weighted by Gasteiger charge is 2.30. The summed E-state index contributed by atoms with van der Waals surface area (Å²) in [5, 5.41) is 0. The molecule has 1 aliphatic heterocycles. The summed E-state index contributed by atoms with van der Waals surface area (Å²) >= 11 is 0. The molecule has 23 heavy (non-hydrogen) atoms. The van der Waals surface area contributed by atoms with E-state index in [9.17, 15) is 4.79 Å². The van der Waals surface area contributed by atoms with Crippen molar-refractivity contribution in [2.24, 2.45) is 4.99 Å². The van der Waals surface area contributed by atoms with E-state index in [0.29, 0.717) is 17.8 Å². The van der Waals surface area contributed by atoms with Gasteiger partial charge in [-0.1, -0.05) is 6.08 Å². The lowest BCUT2D eigenvalue weighted by Gasteiger charge is -2.15. The molecule has 0 saturated carbocycles. The number of hydrogen-bond donors (Lipinski definition) is 1. The lowest BCUT2D eigenvalue weighted by atomic mass is 10.1. The average Bonchev–Trinajstić information content (AvgIpc) is 2.89. The fraction of sp³-hybridized carbons (Fsp3) is 0.188. The number of anilines is 1. The van der Waals surface area contributed by atoms with Crippen molar-refractivity contribution in [2.75, 3.05) is 12.8 Å². The molecule has 0 atom stereocenters. The monoisotopic (exact) mass is 308 g/mol. The van der Waals surface area contributed by atoms with Crippen molar-refractivity contribution in [1.29, 1.82) is 0 Å². The van der Waals surface area contributed by atoms with Gasteiger partial charge in [-0.15, -0.1) is 0 Å². The first-order valence-corrected chi connectivity index (χ1v) is 7.12. The molecule has 7 heteroatoms. The Balaban J connectivity index is 1.95. The van der Waals surface area contributed by atoms with E-state index in [0.717, 1.165) is 17.0 Å². The number of carbonyl (C=O) groups excluding carboxylic acids is 1. The quantitative estimate of drug-likeness (QED) is 0.870. The second kappa shape index (κ2) is 5.96. The number of allylic oxidation sites excluding steroid dienone is 2. The highest BCUT2D eigenvalue weighted by atomic mass is 16.2. The summed E-state index contributed by atoms with van der Waals surface area (Å²) in [6.45, 7) is 2.29. The van der Waals surface area contributed by atoms with E-state index in [2.05, 4.69) is 19.9 Å². The fourth-order valence-electron chi connectivity index (χ4n) is 2.46. The Kier molecular flexibility index (Phi) is 3.84. The molecule has 3 heterocycles. The maximum atomic E-state index is 12.5. The molecule has 2 aromatic heterocycles. The number of pyridine rings is 1. The molecule has 7 nitrogen and oxygen atoms in total. The molecule has 0 saturated heterocycles. The van der Waals surface area contributed by atoms with Crippen LogP contribution in [-0.2, 0) is 6.54 Å². The Labute approximate surface area is 133 Å². The second-order valence-corrected chi connectivity index (χ2v) is 5.01. The van der Waals surface area contributed by atoms with Crippen molar-refractivity contribution >= 4 is 18.1 Å². The van der Waals surface area contributed by atoms with Crippen LogP contribution in [-0.4, -0.2) is 39.0 Å². The van der Waals surface area contributed by atoms with E-state index in [1.54, 1.807) is 42.7 Å². The summed E-state index contributed by atoms with van der Waals surface area (Å²) < 4.78 is 0. The van der Waals surface area contributed by atoms with Gasteiger partial charge in [-0.2, -0.15) is 0 Å². The van der Waals surface area contributed by atoms with Crippen LogP contribution in [0.15, 0.2) is 41.3 Å². The summed E-state index contributed by atoms with van der Waals surface area (Å²) in [5.74, 6) is 0.147. The molecule has 1 amide bonds. The number of rotatable bonds is 3. The number of fused-ring (bicyclic) bond motifs is 1. The Morgan fingerprint density at radius 3 is 2.74 bits per heavy atom. The van der Waals surface area contributed by atoms with Gasteiger partial charge in [0.25, 0.3) is 5.91 Å². The van der Waals surface area contributed by atoms with Crippen LogP contribution in [0.25, 0.3) is 11.3 Å². The largest absolute Gasteiger partial charge is 0.368 e. The van der Waals surface area contributed by atoms with Crippen molar-refractivity contribution in [1.82, 2.24) is 19.9 Å². The molecule has 0 radical (unpaired) electrons. The lowest BCUT2D eigenvalue weighted by molar-refractivity contribution is 0.0834. The van der Waals surface area contributed by atoms with Gasteiger partial charge < -0.3 is 10.6 Å². The third kappa shape index (κ3) is 2.68. The highest BCUT2D eigenvalue weighted by Crippen LogP contribution is 2.27. The van der Waals surface area contributed by atoms with Crippen molar-refractivity contribution < 1.29 is 4.79 Å². The first kappa shape index (κ1) is 14.8.